The minimum atomic E-state index is -1.11. The van der Waals surface area contributed by atoms with Gasteiger partial charge < -0.3 is 25.6 Å². The molecule has 1 fully saturated rings. The fourth-order valence-corrected chi connectivity index (χ4v) is 3.86. The highest BCUT2D eigenvalue weighted by Crippen LogP contribution is 2.35. The van der Waals surface area contributed by atoms with Gasteiger partial charge in [-0.05, 0) is 65.5 Å². The molecule has 4 N–H and O–H groups in total. The molecule has 0 saturated heterocycles. The number of amides is 1. The average molecular weight is 430 g/mol. The third-order valence-electron chi connectivity index (χ3n) is 5.38. The number of nitrogen functional groups attached to an aromatic ring is 1. The van der Waals surface area contributed by atoms with Crippen molar-refractivity contribution in [1.82, 2.24) is 10.3 Å². The van der Waals surface area contributed by atoms with Gasteiger partial charge in [-0.3, -0.25) is 9.78 Å². The largest absolute Gasteiger partial charge is 0.490 e. The van der Waals surface area contributed by atoms with Gasteiger partial charge in [0, 0.05) is 6.04 Å². The zero-order valence-corrected chi connectivity index (χ0v) is 18.5. The van der Waals surface area contributed by atoms with Crippen molar-refractivity contribution in [3.63, 3.8) is 0 Å². The Labute approximate surface area is 182 Å². The van der Waals surface area contributed by atoms with E-state index in [-0.39, 0.29) is 41.5 Å². The van der Waals surface area contributed by atoms with Crippen molar-refractivity contribution in [2.75, 3.05) is 12.3 Å². The van der Waals surface area contributed by atoms with Crippen molar-refractivity contribution < 1.29 is 24.2 Å². The van der Waals surface area contributed by atoms with Gasteiger partial charge >= 0.3 is 5.97 Å². The molecule has 1 heterocycles. The fraction of sp³-hybridized carbons (Fsp3) is 0.522. The monoisotopic (exact) mass is 429 g/mol. The van der Waals surface area contributed by atoms with Gasteiger partial charge in [0.25, 0.3) is 0 Å². The van der Waals surface area contributed by atoms with Crippen molar-refractivity contribution in [3.05, 3.63) is 29.5 Å². The second kappa shape index (κ2) is 9.09. The number of carbonyl (C=O) groups excluding carboxylic acids is 1. The number of nitrogens with one attached hydrogen (secondary N) is 1. The first-order chi connectivity index (χ1) is 14.5. The lowest BCUT2D eigenvalue weighted by molar-refractivity contribution is -0.131. The van der Waals surface area contributed by atoms with E-state index in [9.17, 15) is 14.7 Å². The Kier molecular flexibility index (Phi) is 6.69. The number of nitrogens with two attached hydrogens (primary N) is 1. The van der Waals surface area contributed by atoms with Crippen LogP contribution in [0.15, 0.2) is 18.2 Å². The Hall–Kier alpha value is -2.87. The van der Waals surface area contributed by atoms with E-state index >= 15 is 0 Å². The summed E-state index contributed by atoms with van der Waals surface area (Å²) >= 11 is 0. The zero-order valence-electron chi connectivity index (χ0n) is 18.5. The van der Waals surface area contributed by atoms with Crippen LogP contribution in [0.2, 0.25) is 0 Å². The number of carboxylic acid groups (broad SMARTS) is 1. The number of aromatic carboxylic acids is 1. The van der Waals surface area contributed by atoms with Crippen LogP contribution < -0.4 is 15.8 Å². The molecule has 3 rings (SSSR count). The molecule has 2 aromatic rings. The van der Waals surface area contributed by atoms with Crippen LogP contribution in [0.3, 0.4) is 0 Å². The molecule has 0 aliphatic heterocycles. The third-order valence-corrected chi connectivity index (χ3v) is 5.38. The topological polar surface area (TPSA) is 124 Å². The number of carboxylic acids is 1. The average Bonchev–Trinajstić information content (AvgIpc) is 2.67. The molecule has 31 heavy (non-hydrogen) atoms. The van der Waals surface area contributed by atoms with Gasteiger partial charge in [0.2, 0.25) is 5.91 Å². The quantitative estimate of drug-likeness (QED) is 0.642. The van der Waals surface area contributed by atoms with Crippen molar-refractivity contribution in [1.29, 1.82) is 0 Å². The summed E-state index contributed by atoms with van der Waals surface area (Å²) < 4.78 is 11.7. The molecule has 1 amide bonds. The van der Waals surface area contributed by atoms with Gasteiger partial charge in [-0.1, -0.05) is 6.07 Å². The molecule has 0 atom stereocenters. The number of anilines is 1. The molecule has 1 aliphatic rings. The molecule has 8 heteroatoms. The van der Waals surface area contributed by atoms with E-state index < -0.39 is 5.97 Å². The van der Waals surface area contributed by atoms with E-state index in [4.69, 9.17) is 15.2 Å². The Bertz CT molecular complexity index is 975. The van der Waals surface area contributed by atoms with Gasteiger partial charge in [-0.15, -0.1) is 0 Å². The number of pyridine rings is 1. The molecule has 1 aromatic heterocycles. The smallest absolute Gasteiger partial charge is 0.339 e. The zero-order chi connectivity index (χ0) is 22.8. The molecule has 8 nitrogen and oxygen atoms in total. The van der Waals surface area contributed by atoms with E-state index in [1.165, 1.54) is 0 Å². The van der Waals surface area contributed by atoms with Crippen LogP contribution in [0.5, 0.6) is 5.75 Å². The lowest BCUT2D eigenvalue weighted by Crippen LogP contribution is -2.42. The van der Waals surface area contributed by atoms with Crippen molar-refractivity contribution in [2.45, 2.75) is 71.1 Å². The van der Waals surface area contributed by atoms with Crippen LogP contribution in [-0.4, -0.2) is 46.3 Å². The van der Waals surface area contributed by atoms with Gasteiger partial charge in [-0.2, -0.15) is 0 Å². The third kappa shape index (κ3) is 5.64. The standard InChI is InChI=1S/C23H31N3O5/c1-13-19(22(28)29)21(24)20-16(25-13)6-5-7-17(20)31-15-10-8-14(9-11-15)26-18(27)12-30-23(2,3)4/h5-7,14-15H,8-12H2,1-4H3,(H2,24,25)(H,26,27)(H,28,29)/t14-,15-. The number of carbonyl (C=O) groups is 2. The number of fused-ring (bicyclic) bond motifs is 1. The minimum absolute atomic E-state index is 0.00689. The van der Waals surface area contributed by atoms with E-state index in [1.807, 2.05) is 26.8 Å². The number of aryl methyl sites for hydroxylation is 1. The molecule has 1 aliphatic carbocycles. The predicted molar refractivity (Wildman–Crippen MR) is 118 cm³/mol. The van der Waals surface area contributed by atoms with Crippen molar-refractivity contribution >= 4 is 28.5 Å². The summed E-state index contributed by atoms with van der Waals surface area (Å²) in [7, 11) is 0. The summed E-state index contributed by atoms with van der Waals surface area (Å²) in [5.74, 6) is -0.675. The first-order valence-corrected chi connectivity index (χ1v) is 10.6. The summed E-state index contributed by atoms with van der Waals surface area (Å²) in [6, 6.07) is 5.50. The number of hydrogen-bond donors (Lipinski definition) is 3. The fourth-order valence-electron chi connectivity index (χ4n) is 3.86. The summed E-state index contributed by atoms with van der Waals surface area (Å²) in [5, 5.41) is 13.1. The van der Waals surface area contributed by atoms with Crippen LogP contribution >= 0.6 is 0 Å². The number of ether oxygens (including phenoxy) is 2. The summed E-state index contributed by atoms with van der Waals surface area (Å²) in [5.41, 5.74) is 7.02. The minimum Gasteiger partial charge on any atom is -0.490 e. The Morgan fingerprint density at radius 1 is 1.23 bits per heavy atom. The summed E-state index contributed by atoms with van der Waals surface area (Å²) in [4.78, 5) is 28.1. The predicted octanol–water partition coefficient (Wildman–Crippen LogP) is 3.44. The molecule has 0 unspecified atom stereocenters. The van der Waals surface area contributed by atoms with Crippen LogP contribution in [0.1, 0.15) is 62.5 Å². The number of nitrogens with zero attached hydrogens (tertiary/aromatic N) is 1. The number of hydrogen-bond acceptors (Lipinski definition) is 6. The van der Waals surface area contributed by atoms with Gasteiger partial charge in [0.05, 0.1) is 34.0 Å². The first-order valence-electron chi connectivity index (χ1n) is 10.6. The molecule has 0 radical (unpaired) electrons. The van der Waals surface area contributed by atoms with Crippen LogP contribution in [0.4, 0.5) is 5.69 Å². The maximum absolute atomic E-state index is 12.1. The lowest BCUT2D eigenvalue weighted by Gasteiger charge is -2.30. The van der Waals surface area contributed by atoms with E-state index in [1.54, 1.807) is 19.1 Å². The number of aromatic nitrogens is 1. The SMILES string of the molecule is Cc1nc2cccc(O[C@H]3CC[C@H](NC(=O)COC(C)(C)C)CC3)c2c(N)c1C(=O)O. The number of benzene rings is 1. The highest BCUT2D eigenvalue weighted by Gasteiger charge is 2.26. The maximum Gasteiger partial charge on any atom is 0.339 e. The van der Waals surface area contributed by atoms with Gasteiger partial charge in [-0.25, -0.2) is 4.79 Å². The second-order valence-electron chi connectivity index (χ2n) is 9.00. The Morgan fingerprint density at radius 2 is 1.90 bits per heavy atom. The maximum atomic E-state index is 12.1. The van der Waals surface area contributed by atoms with Gasteiger partial charge in [0.1, 0.15) is 17.9 Å². The molecular weight excluding hydrogens is 398 g/mol. The number of rotatable bonds is 6. The van der Waals surface area contributed by atoms with E-state index in [0.29, 0.717) is 22.3 Å². The van der Waals surface area contributed by atoms with Gasteiger partial charge in [0.15, 0.2) is 0 Å². The highest BCUT2D eigenvalue weighted by atomic mass is 16.5. The molecule has 0 bridgehead atoms. The van der Waals surface area contributed by atoms with Crippen LogP contribution in [0, 0.1) is 6.92 Å². The molecule has 0 spiro atoms. The van der Waals surface area contributed by atoms with E-state index in [0.717, 1.165) is 25.7 Å². The second-order valence-corrected chi connectivity index (χ2v) is 9.00. The van der Waals surface area contributed by atoms with Crippen molar-refractivity contribution in [3.8, 4) is 5.75 Å². The van der Waals surface area contributed by atoms with Crippen LogP contribution in [0.25, 0.3) is 10.9 Å². The molecule has 1 saturated carbocycles. The van der Waals surface area contributed by atoms with Crippen LogP contribution in [-0.2, 0) is 9.53 Å². The summed E-state index contributed by atoms with van der Waals surface area (Å²) in [6.07, 6.45) is 3.09. The Balaban J connectivity index is 1.65. The van der Waals surface area contributed by atoms with Crippen molar-refractivity contribution in [2.24, 2.45) is 0 Å². The van der Waals surface area contributed by atoms with E-state index in [2.05, 4.69) is 10.3 Å². The molecule has 168 valence electrons. The normalized spacial score (nSPS) is 19.2. The summed E-state index contributed by atoms with van der Waals surface area (Å²) in [6.45, 7) is 7.43. The first kappa shape index (κ1) is 22.8. The highest BCUT2D eigenvalue weighted by molar-refractivity contribution is 6.06. The lowest BCUT2D eigenvalue weighted by atomic mass is 9.92. The Morgan fingerprint density at radius 3 is 2.52 bits per heavy atom. The molecular formula is C23H31N3O5. The molecule has 1 aromatic carbocycles.